The van der Waals surface area contributed by atoms with Crippen molar-refractivity contribution in [1.29, 1.82) is 0 Å². The highest BCUT2D eigenvalue weighted by Gasteiger charge is 2.29. The molecule has 1 N–H and O–H groups in total. The third kappa shape index (κ3) is 3.36. The Morgan fingerprint density at radius 3 is 2.61 bits per heavy atom. The average Bonchev–Trinajstić information content (AvgIpc) is 2.56. The van der Waals surface area contributed by atoms with E-state index in [1.807, 2.05) is 4.90 Å². The van der Waals surface area contributed by atoms with Gasteiger partial charge in [0.2, 0.25) is 11.6 Å². The van der Waals surface area contributed by atoms with Crippen LogP contribution in [0.1, 0.15) is 19.8 Å². The summed E-state index contributed by atoms with van der Waals surface area (Å²) < 4.78 is 0. The third-order valence-corrected chi connectivity index (χ3v) is 4.01. The maximum Gasteiger partial charge on any atom is 0.353 e. The van der Waals surface area contributed by atoms with Crippen LogP contribution in [0.3, 0.4) is 0 Å². The number of hydrogen-bond acceptors (Lipinski definition) is 7. The van der Waals surface area contributed by atoms with Crippen LogP contribution in [0, 0.1) is 16.0 Å². The molecule has 1 fully saturated rings. The summed E-state index contributed by atoms with van der Waals surface area (Å²) in [4.78, 5) is 25.3. The topological polar surface area (TPSA) is 97.1 Å². The summed E-state index contributed by atoms with van der Waals surface area (Å²) in [5.41, 5.74) is 0.610. The van der Waals surface area contributed by atoms with E-state index in [9.17, 15) is 10.1 Å². The number of nitro groups is 1. The molecule has 1 aliphatic heterocycles. The fourth-order valence-corrected chi connectivity index (χ4v) is 2.65. The van der Waals surface area contributed by atoms with E-state index < -0.39 is 4.92 Å². The van der Waals surface area contributed by atoms with E-state index in [2.05, 4.69) is 27.2 Å². The largest absolute Gasteiger partial charge is 0.353 e. The maximum absolute atomic E-state index is 11.6. The molecule has 3 rings (SSSR count). The Kier molecular flexibility index (Phi) is 4.31. The van der Waals surface area contributed by atoms with Gasteiger partial charge in [-0.25, -0.2) is 9.97 Å². The first kappa shape index (κ1) is 15.1. The number of rotatable bonds is 4. The fraction of sp³-hybridized carbons (Fsp3) is 0.400. The minimum absolute atomic E-state index is 0.0844. The minimum Gasteiger partial charge on any atom is -0.351 e. The number of nitrogens with zero attached hydrogens (tertiary/aromatic N) is 5. The van der Waals surface area contributed by atoms with Crippen LogP contribution in [0.25, 0.3) is 0 Å². The summed E-state index contributed by atoms with van der Waals surface area (Å²) >= 11 is 0. The lowest BCUT2D eigenvalue weighted by Gasteiger charge is -2.30. The van der Waals surface area contributed by atoms with Crippen LogP contribution >= 0.6 is 0 Å². The lowest BCUT2D eigenvalue weighted by Crippen LogP contribution is -2.34. The molecule has 1 aliphatic rings. The van der Waals surface area contributed by atoms with Crippen molar-refractivity contribution in [2.24, 2.45) is 5.92 Å². The molecular weight excluding hydrogens is 296 g/mol. The fourth-order valence-electron chi connectivity index (χ4n) is 2.65. The van der Waals surface area contributed by atoms with Crippen molar-refractivity contribution in [3.63, 3.8) is 0 Å². The minimum atomic E-state index is -0.420. The van der Waals surface area contributed by atoms with Gasteiger partial charge in [0.15, 0.2) is 0 Å². The Hall–Kier alpha value is -2.77. The van der Waals surface area contributed by atoms with Crippen LogP contribution in [0.5, 0.6) is 0 Å². The molecule has 0 radical (unpaired) electrons. The molecule has 8 heteroatoms. The van der Waals surface area contributed by atoms with Gasteiger partial charge in [-0.3, -0.25) is 15.1 Å². The molecule has 0 unspecified atom stereocenters. The molecule has 0 bridgehead atoms. The Bertz CT molecular complexity index is 686. The van der Waals surface area contributed by atoms with Crippen LogP contribution in [0.4, 0.5) is 23.0 Å². The monoisotopic (exact) mass is 314 g/mol. The van der Waals surface area contributed by atoms with Gasteiger partial charge in [0.25, 0.3) is 0 Å². The first-order chi connectivity index (χ1) is 11.1. The van der Waals surface area contributed by atoms with Crippen molar-refractivity contribution in [2.45, 2.75) is 19.8 Å². The lowest BCUT2D eigenvalue weighted by atomic mass is 9.99. The lowest BCUT2D eigenvalue weighted by molar-refractivity contribution is -0.383. The van der Waals surface area contributed by atoms with Gasteiger partial charge in [-0.2, -0.15) is 0 Å². The standard InChI is InChI=1S/C15H18N6O2/c1-11-4-8-20(9-5-11)15-13(21(22)23)14(17-10-18-15)19-12-2-6-16-7-3-12/h2-3,6-7,10-11H,4-5,8-9H2,1H3,(H,16,17,18,19). The Morgan fingerprint density at radius 1 is 1.26 bits per heavy atom. The van der Waals surface area contributed by atoms with E-state index in [0.717, 1.165) is 25.9 Å². The van der Waals surface area contributed by atoms with E-state index in [4.69, 9.17) is 0 Å². The van der Waals surface area contributed by atoms with Crippen molar-refractivity contribution in [3.05, 3.63) is 41.0 Å². The summed E-state index contributed by atoms with van der Waals surface area (Å²) in [6, 6.07) is 3.46. The van der Waals surface area contributed by atoms with E-state index in [-0.39, 0.29) is 11.5 Å². The highest BCUT2D eigenvalue weighted by Crippen LogP contribution is 2.35. The third-order valence-electron chi connectivity index (χ3n) is 4.01. The first-order valence-electron chi connectivity index (χ1n) is 7.56. The van der Waals surface area contributed by atoms with Gasteiger partial charge in [-0.1, -0.05) is 6.92 Å². The van der Waals surface area contributed by atoms with Gasteiger partial charge in [0.05, 0.1) is 4.92 Å². The van der Waals surface area contributed by atoms with Gasteiger partial charge >= 0.3 is 5.69 Å². The van der Waals surface area contributed by atoms with Gasteiger partial charge in [0, 0.05) is 31.2 Å². The number of hydrogen-bond donors (Lipinski definition) is 1. The van der Waals surface area contributed by atoms with Gasteiger partial charge in [0.1, 0.15) is 6.33 Å². The predicted octanol–water partition coefficient (Wildman–Crippen LogP) is 2.76. The van der Waals surface area contributed by atoms with Crippen LogP contribution < -0.4 is 10.2 Å². The molecular formula is C15H18N6O2. The Balaban J connectivity index is 1.94. The predicted molar refractivity (Wildman–Crippen MR) is 86.8 cm³/mol. The van der Waals surface area contributed by atoms with Gasteiger partial charge in [-0.05, 0) is 30.9 Å². The Labute approximate surface area is 133 Å². The van der Waals surface area contributed by atoms with Crippen LogP contribution in [0.2, 0.25) is 0 Å². The summed E-state index contributed by atoms with van der Waals surface area (Å²) in [6.45, 7) is 3.74. The van der Waals surface area contributed by atoms with Crippen LogP contribution in [-0.4, -0.2) is 33.0 Å². The molecule has 120 valence electrons. The second kappa shape index (κ2) is 6.55. The van der Waals surface area contributed by atoms with E-state index >= 15 is 0 Å². The molecule has 0 saturated carbocycles. The number of nitrogens with one attached hydrogen (secondary N) is 1. The molecule has 8 nitrogen and oxygen atoms in total. The average molecular weight is 314 g/mol. The summed E-state index contributed by atoms with van der Waals surface area (Å²) in [7, 11) is 0. The van der Waals surface area contributed by atoms with E-state index in [1.54, 1.807) is 24.5 Å². The Morgan fingerprint density at radius 2 is 1.96 bits per heavy atom. The molecule has 0 atom stereocenters. The second-order valence-corrected chi connectivity index (χ2v) is 5.68. The highest BCUT2D eigenvalue weighted by atomic mass is 16.6. The van der Waals surface area contributed by atoms with Gasteiger partial charge in [-0.15, -0.1) is 0 Å². The zero-order valence-electron chi connectivity index (χ0n) is 12.8. The van der Waals surface area contributed by atoms with Crippen LogP contribution in [-0.2, 0) is 0 Å². The molecule has 1 saturated heterocycles. The molecule has 2 aromatic heterocycles. The number of aromatic nitrogens is 3. The normalized spacial score (nSPS) is 15.4. The van der Waals surface area contributed by atoms with Crippen molar-refractivity contribution in [3.8, 4) is 0 Å². The number of anilines is 3. The van der Waals surface area contributed by atoms with Crippen molar-refractivity contribution in [2.75, 3.05) is 23.3 Å². The van der Waals surface area contributed by atoms with E-state index in [1.165, 1.54) is 6.33 Å². The number of piperidine rings is 1. The van der Waals surface area contributed by atoms with Crippen molar-refractivity contribution >= 4 is 23.0 Å². The number of pyridine rings is 1. The first-order valence-corrected chi connectivity index (χ1v) is 7.56. The van der Waals surface area contributed by atoms with E-state index in [0.29, 0.717) is 17.4 Å². The molecule has 0 aromatic carbocycles. The molecule has 0 amide bonds. The second-order valence-electron chi connectivity index (χ2n) is 5.68. The molecule has 0 aliphatic carbocycles. The summed E-state index contributed by atoms with van der Waals surface area (Å²) in [5, 5.41) is 14.6. The van der Waals surface area contributed by atoms with Crippen LogP contribution in [0.15, 0.2) is 30.9 Å². The molecule has 2 aromatic rings. The summed E-state index contributed by atoms with van der Waals surface area (Å²) in [6.07, 6.45) is 6.61. The highest BCUT2D eigenvalue weighted by molar-refractivity contribution is 5.74. The molecule has 0 spiro atoms. The van der Waals surface area contributed by atoms with Gasteiger partial charge < -0.3 is 10.2 Å². The quantitative estimate of drug-likeness (QED) is 0.684. The molecule has 23 heavy (non-hydrogen) atoms. The zero-order valence-corrected chi connectivity index (χ0v) is 12.8. The maximum atomic E-state index is 11.6. The van der Waals surface area contributed by atoms with Crippen molar-refractivity contribution < 1.29 is 4.92 Å². The zero-order chi connectivity index (χ0) is 16.2. The summed E-state index contributed by atoms with van der Waals surface area (Å²) in [5.74, 6) is 1.22. The van der Waals surface area contributed by atoms with Crippen molar-refractivity contribution in [1.82, 2.24) is 15.0 Å². The molecule has 3 heterocycles. The smallest absolute Gasteiger partial charge is 0.351 e. The SMILES string of the molecule is CC1CCN(c2ncnc(Nc3ccncc3)c2[N+](=O)[O-])CC1.